The molecule has 0 fully saturated rings. The molecule has 0 aliphatic carbocycles. The van der Waals surface area contributed by atoms with Crippen LogP contribution in [-0.4, -0.2) is 15.7 Å². The number of nitrogens with one attached hydrogen (secondary N) is 1. The molecular formula is C15H13ClN2O2. The molecule has 3 rings (SSSR count). The van der Waals surface area contributed by atoms with Gasteiger partial charge in [0.15, 0.2) is 0 Å². The number of carbonyl (C=O) groups excluding carboxylic acids is 1. The third-order valence-electron chi connectivity index (χ3n) is 3.50. The number of aryl methyl sites for hydroxylation is 2. The number of hydrogen-bond donors (Lipinski definition) is 1. The quantitative estimate of drug-likeness (QED) is 0.754. The Balaban J connectivity index is 2.47. The Morgan fingerprint density at radius 1 is 1.30 bits per heavy atom. The van der Waals surface area contributed by atoms with E-state index in [1.54, 1.807) is 12.1 Å². The second-order valence-electron chi connectivity index (χ2n) is 4.82. The topological polar surface area (TPSA) is 54.3 Å². The van der Waals surface area contributed by atoms with Crippen molar-refractivity contribution in [1.29, 1.82) is 0 Å². The zero-order chi connectivity index (χ0) is 14.3. The van der Waals surface area contributed by atoms with Gasteiger partial charge >= 0.3 is 0 Å². The third kappa shape index (κ3) is 1.93. The van der Waals surface area contributed by atoms with Crippen LogP contribution in [0.2, 0.25) is 5.02 Å². The first-order valence-electron chi connectivity index (χ1n) is 6.38. The van der Waals surface area contributed by atoms with Crippen molar-refractivity contribution in [1.82, 2.24) is 9.38 Å². The molecule has 20 heavy (non-hydrogen) atoms. The van der Waals surface area contributed by atoms with Gasteiger partial charge in [-0.25, -0.2) is 0 Å². The van der Waals surface area contributed by atoms with Gasteiger partial charge in [0, 0.05) is 17.1 Å². The summed E-state index contributed by atoms with van der Waals surface area (Å²) in [7, 11) is 0. The minimum atomic E-state index is -0.139. The number of H-pyrrole nitrogens is 1. The molecule has 0 atom stereocenters. The van der Waals surface area contributed by atoms with Crippen LogP contribution < -0.4 is 5.56 Å². The minimum Gasteiger partial charge on any atom is -0.319 e. The number of halogens is 1. The maximum absolute atomic E-state index is 12.1. The maximum atomic E-state index is 12.1. The highest BCUT2D eigenvalue weighted by molar-refractivity contribution is 6.31. The van der Waals surface area contributed by atoms with Crippen LogP contribution in [0.5, 0.6) is 0 Å². The summed E-state index contributed by atoms with van der Waals surface area (Å²) in [6.07, 6.45) is 1.93. The summed E-state index contributed by atoms with van der Waals surface area (Å²) >= 11 is 6.06. The van der Waals surface area contributed by atoms with E-state index in [1.807, 2.05) is 23.5 Å². The predicted octanol–water partition coefficient (Wildman–Crippen LogP) is 2.87. The van der Waals surface area contributed by atoms with E-state index in [-0.39, 0.29) is 5.56 Å². The summed E-state index contributed by atoms with van der Waals surface area (Å²) in [4.78, 5) is 25.6. The Morgan fingerprint density at radius 2 is 2.10 bits per heavy atom. The Kier molecular flexibility index (Phi) is 3.10. The standard InChI is InChI=1S/C15H13ClN2O2/c1-9-7-14-15(20)17-11-5-4-10(16)8-13(11)18(14)12(9)3-2-6-19/h4-8H,2-3H2,1H3,(H,17,20). The van der Waals surface area contributed by atoms with Crippen LogP contribution in [0.25, 0.3) is 16.6 Å². The highest BCUT2D eigenvalue weighted by Gasteiger charge is 2.13. The summed E-state index contributed by atoms with van der Waals surface area (Å²) in [6.45, 7) is 1.95. The first-order chi connectivity index (χ1) is 9.61. The molecule has 102 valence electrons. The molecule has 0 amide bonds. The molecule has 0 radical (unpaired) electrons. The molecule has 1 aromatic carbocycles. The van der Waals surface area contributed by atoms with E-state index in [1.165, 1.54) is 0 Å². The van der Waals surface area contributed by atoms with Crippen LogP contribution in [0.3, 0.4) is 0 Å². The number of benzene rings is 1. The molecule has 5 heteroatoms. The molecule has 3 aromatic rings. The molecule has 2 aromatic heterocycles. The number of hydrogen-bond acceptors (Lipinski definition) is 2. The zero-order valence-electron chi connectivity index (χ0n) is 10.9. The molecule has 4 nitrogen and oxygen atoms in total. The summed E-state index contributed by atoms with van der Waals surface area (Å²) in [5.41, 5.74) is 4.00. The number of aromatic amines is 1. The lowest BCUT2D eigenvalue weighted by Crippen LogP contribution is -2.11. The first kappa shape index (κ1) is 12.9. The van der Waals surface area contributed by atoms with Crippen molar-refractivity contribution in [2.24, 2.45) is 0 Å². The molecule has 0 aliphatic heterocycles. The highest BCUT2D eigenvalue weighted by atomic mass is 35.5. The van der Waals surface area contributed by atoms with Crippen LogP contribution in [0, 0.1) is 6.92 Å². The lowest BCUT2D eigenvalue weighted by molar-refractivity contribution is -0.107. The third-order valence-corrected chi connectivity index (χ3v) is 3.73. The Labute approximate surface area is 120 Å². The van der Waals surface area contributed by atoms with Crippen molar-refractivity contribution in [2.45, 2.75) is 19.8 Å². The van der Waals surface area contributed by atoms with Gasteiger partial charge in [0.2, 0.25) is 0 Å². The Morgan fingerprint density at radius 3 is 2.85 bits per heavy atom. The van der Waals surface area contributed by atoms with Crippen LogP contribution in [0.4, 0.5) is 0 Å². The predicted molar refractivity (Wildman–Crippen MR) is 79.7 cm³/mol. The summed E-state index contributed by atoms with van der Waals surface area (Å²) < 4.78 is 1.90. The smallest absolute Gasteiger partial charge is 0.272 e. The second-order valence-corrected chi connectivity index (χ2v) is 5.25. The summed E-state index contributed by atoms with van der Waals surface area (Å²) in [5.74, 6) is 0. The SMILES string of the molecule is Cc1cc2c(=O)[nH]c3ccc(Cl)cc3n2c1CCC=O. The number of fused-ring (bicyclic) bond motifs is 3. The minimum absolute atomic E-state index is 0.139. The van der Waals surface area contributed by atoms with Gasteiger partial charge in [-0.05, 0) is 43.2 Å². The zero-order valence-corrected chi connectivity index (χ0v) is 11.7. The first-order valence-corrected chi connectivity index (χ1v) is 6.75. The Hall–Kier alpha value is -2.07. The fourth-order valence-electron chi connectivity index (χ4n) is 2.60. The van der Waals surface area contributed by atoms with Crippen molar-refractivity contribution in [2.75, 3.05) is 0 Å². The second kappa shape index (κ2) is 4.80. The van der Waals surface area contributed by atoms with Crippen LogP contribution in [-0.2, 0) is 11.2 Å². The fraction of sp³-hybridized carbons (Fsp3) is 0.200. The van der Waals surface area contributed by atoms with Gasteiger partial charge in [0.1, 0.15) is 11.8 Å². The van der Waals surface area contributed by atoms with Crippen LogP contribution in [0.15, 0.2) is 29.1 Å². The summed E-state index contributed by atoms with van der Waals surface area (Å²) in [5, 5.41) is 0.610. The average Bonchev–Trinajstić information content (AvgIpc) is 2.75. The number of nitrogens with zero attached hydrogens (tertiary/aromatic N) is 1. The molecule has 0 spiro atoms. The van der Waals surface area contributed by atoms with Gasteiger partial charge in [0.05, 0.1) is 11.0 Å². The van der Waals surface area contributed by atoms with Gasteiger partial charge in [-0.15, -0.1) is 0 Å². The lowest BCUT2D eigenvalue weighted by Gasteiger charge is -2.07. The van der Waals surface area contributed by atoms with Crippen LogP contribution in [0.1, 0.15) is 17.7 Å². The molecule has 0 aliphatic rings. The highest BCUT2D eigenvalue weighted by Crippen LogP contribution is 2.23. The largest absolute Gasteiger partial charge is 0.319 e. The van der Waals surface area contributed by atoms with Gasteiger partial charge in [-0.3, -0.25) is 4.79 Å². The molecule has 1 N–H and O–H groups in total. The van der Waals surface area contributed by atoms with E-state index in [4.69, 9.17) is 11.6 Å². The molecular weight excluding hydrogens is 276 g/mol. The van der Waals surface area contributed by atoms with Crippen molar-refractivity contribution < 1.29 is 4.79 Å². The van der Waals surface area contributed by atoms with Gasteiger partial charge < -0.3 is 14.2 Å². The molecule has 0 unspecified atom stereocenters. The van der Waals surface area contributed by atoms with E-state index in [0.717, 1.165) is 28.6 Å². The van der Waals surface area contributed by atoms with E-state index in [2.05, 4.69) is 4.98 Å². The van der Waals surface area contributed by atoms with E-state index < -0.39 is 0 Å². The van der Waals surface area contributed by atoms with E-state index in [0.29, 0.717) is 23.4 Å². The average molecular weight is 289 g/mol. The number of aldehydes is 1. The monoisotopic (exact) mass is 288 g/mol. The molecule has 0 saturated heterocycles. The Bertz CT molecular complexity index is 877. The number of carbonyl (C=O) groups is 1. The number of rotatable bonds is 3. The van der Waals surface area contributed by atoms with Crippen molar-refractivity contribution in [3.63, 3.8) is 0 Å². The van der Waals surface area contributed by atoms with E-state index >= 15 is 0 Å². The summed E-state index contributed by atoms with van der Waals surface area (Å²) in [6, 6.07) is 7.20. The normalized spacial score (nSPS) is 11.3. The lowest BCUT2D eigenvalue weighted by atomic mass is 10.2. The molecule has 0 saturated carbocycles. The van der Waals surface area contributed by atoms with Gasteiger partial charge in [0.25, 0.3) is 5.56 Å². The van der Waals surface area contributed by atoms with Crippen molar-refractivity contribution >= 4 is 34.4 Å². The maximum Gasteiger partial charge on any atom is 0.272 e. The van der Waals surface area contributed by atoms with Gasteiger partial charge in [-0.2, -0.15) is 0 Å². The van der Waals surface area contributed by atoms with Crippen molar-refractivity contribution in [3.05, 3.63) is 50.9 Å². The van der Waals surface area contributed by atoms with Gasteiger partial charge in [-0.1, -0.05) is 11.6 Å². The van der Waals surface area contributed by atoms with Crippen LogP contribution >= 0.6 is 11.6 Å². The van der Waals surface area contributed by atoms with Crippen molar-refractivity contribution in [3.8, 4) is 0 Å². The fourth-order valence-corrected chi connectivity index (χ4v) is 2.77. The number of aromatic nitrogens is 2. The van der Waals surface area contributed by atoms with E-state index in [9.17, 15) is 9.59 Å². The molecule has 0 bridgehead atoms. The molecule has 2 heterocycles.